The third-order valence-electron chi connectivity index (χ3n) is 3.89. The number of rotatable bonds is 1. The number of imidazole rings is 1. The number of hydrogen-bond donors (Lipinski definition) is 1. The predicted octanol–water partition coefficient (Wildman–Crippen LogP) is 0.681. The molecule has 1 aromatic heterocycles. The minimum Gasteiger partial charge on any atom is -0.383 e. The average Bonchev–Trinajstić information content (AvgIpc) is 2.73. The van der Waals surface area contributed by atoms with Crippen molar-refractivity contribution in [2.24, 2.45) is 7.05 Å². The molecular weight excluding hydrogens is 224 g/mol. The summed E-state index contributed by atoms with van der Waals surface area (Å²) < 4.78 is 13.8. The molecular formula is C11H16N2O2S. The van der Waals surface area contributed by atoms with Crippen LogP contribution in [0.15, 0.2) is 12.5 Å². The first kappa shape index (κ1) is 10.5. The highest BCUT2D eigenvalue weighted by Crippen LogP contribution is 2.45. The molecule has 5 heteroatoms. The minimum atomic E-state index is -0.814. The Hall–Kier alpha value is -0.680. The molecule has 0 radical (unpaired) electrons. The second-order valence-electron chi connectivity index (χ2n) is 4.98. The molecule has 2 atom stereocenters. The molecule has 88 valence electrons. The lowest BCUT2D eigenvalue weighted by molar-refractivity contribution is 0.0115. The number of aliphatic hydroxyl groups is 1. The Bertz CT molecular complexity index is 427. The van der Waals surface area contributed by atoms with E-state index in [1.807, 2.05) is 11.6 Å². The molecule has 4 nitrogen and oxygen atoms in total. The monoisotopic (exact) mass is 240 g/mol. The van der Waals surface area contributed by atoms with Crippen molar-refractivity contribution in [3.8, 4) is 0 Å². The van der Waals surface area contributed by atoms with Crippen LogP contribution in [0, 0.1) is 0 Å². The third kappa shape index (κ3) is 1.38. The molecule has 0 aromatic carbocycles. The normalized spacial score (nSPS) is 42.5. The Labute approximate surface area is 97.1 Å². The van der Waals surface area contributed by atoms with Crippen LogP contribution >= 0.6 is 0 Å². The summed E-state index contributed by atoms with van der Waals surface area (Å²) in [6.07, 6.45) is 6.68. The van der Waals surface area contributed by atoms with E-state index in [-0.39, 0.29) is 10.5 Å². The number of aryl methyl sites for hydroxylation is 1. The van der Waals surface area contributed by atoms with Crippen molar-refractivity contribution in [3.63, 3.8) is 0 Å². The molecule has 2 aliphatic rings. The van der Waals surface area contributed by atoms with E-state index in [0.717, 1.165) is 18.5 Å². The highest BCUT2D eigenvalue weighted by molar-refractivity contribution is 7.86. The minimum absolute atomic E-state index is 0.179. The summed E-state index contributed by atoms with van der Waals surface area (Å²) in [6.45, 7) is 0. The van der Waals surface area contributed by atoms with Crippen molar-refractivity contribution >= 4 is 10.8 Å². The van der Waals surface area contributed by atoms with Gasteiger partial charge in [-0.1, -0.05) is 0 Å². The summed E-state index contributed by atoms with van der Waals surface area (Å²) in [7, 11) is 1.17. The van der Waals surface area contributed by atoms with Gasteiger partial charge in [-0.3, -0.25) is 4.21 Å². The molecule has 16 heavy (non-hydrogen) atoms. The van der Waals surface area contributed by atoms with Crippen LogP contribution in [0.5, 0.6) is 0 Å². The molecule has 2 fully saturated rings. The third-order valence-corrected chi connectivity index (χ3v) is 6.01. The highest BCUT2D eigenvalue weighted by atomic mass is 32.2. The maximum atomic E-state index is 11.9. The summed E-state index contributed by atoms with van der Waals surface area (Å²) in [5, 5.41) is 11.1. The topological polar surface area (TPSA) is 55.1 Å². The molecule has 0 amide bonds. The average molecular weight is 240 g/mol. The molecule has 2 bridgehead atoms. The van der Waals surface area contributed by atoms with E-state index in [2.05, 4.69) is 4.98 Å². The summed E-state index contributed by atoms with van der Waals surface area (Å²) >= 11 is 0. The van der Waals surface area contributed by atoms with Gasteiger partial charge in [0.15, 0.2) is 0 Å². The Morgan fingerprint density at radius 1 is 1.50 bits per heavy atom. The van der Waals surface area contributed by atoms with Crippen molar-refractivity contribution in [2.75, 3.05) is 0 Å². The molecule has 0 saturated carbocycles. The zero-order valence-corrected chi connectivity index (χ0v) is 10.1. The maximum absolute atomic E-state index is 11.9. The Kier molecular flexibility index (Phi) is 2.23. The van der Waals surface area contributed by atoms with Gasteiger partial charge in [0, 0.05) is 28.3 Å². The van der Waals surface area contributed by atoms with Gasteiger partial charge in [0.05, 0.1) is 18.2 Å². The second-order valence-corrected chi connectivity index (χ2v) is 6.97. The zero-order chi connectivity index (χ0) is 11.3. The first-order chi connectivity index (χ1) is 7.60. The van der Waals surface area contributed by atoms with Gasteiger partial charge < -0.3 is 9.67 Å². The number of fused-ring (bicyclic) bond motifs is 2. The Morgan fingerprint density at radius 2 is 2.12 bits per heavy atom. The Morgan fingerprint density at radius 3 is 2.62 bits per heavy atom. The van der Waals surface area contributed by atoms with E-state index < -0.39 is 16.4 Å². The number of hydrogen-bond acceptors (Lipinski definition) is 3. The Balaban J connectivity index is 1.97. The van der Waals surface area contributed by atoms with E-state index >= 15 is 0 Å². The molecule has 2 saturated heterocycles. The fourth-order valence-electron chi connectivity index (χ4n) is 3.10. The lowest BCUT2D eigenvalue weighted by Gasteiger charge is -2.35. The van der Waals surface area contributed by atoms with E-state index in [1.165, 1.54) is 0 Å². The number of nitrogens with zero attached hydrogens (tertiary/aromatic N) is 2. The van der Waals surface area contributed by atoms with E-state index in [4.69, 9.17) is 0 Å². The summed E-state index contributed by atoms with van der Waals surface area (Å²) in [6, 6.07) is 0. The van der Waals surface area contributed by atoms with Crippen molar-refractivity contribution in [3.05, 3.63) is 18.2 Å². The smallest absolute Gasteiger partial charge is 0.108 e. The maximum Gasteiger partial charge on any atom is 0.108 e. The van der Waals surface area contributed by atoms with Crippen LogP contribution in [0.25, 0.3) is 0 Å². The van der Waals surface area contributed by atoms with Crippen molar-refractivity contribution in [1.29, 1.82) is 0 Å². The first-order valence-electron chi connectivity index (χ1n) is 5.69. The lowest BCUT2D eigenvalue weighted by Crippen LogP contribution is -2.41. The van der Waals surface area contributed by atoms with Crippen LogP contribution < -0.4 is 0 Å². The van der Waals surface area contributed by atoms with Gasteiger partial charge in [-0.2, -0.15) is 0 Å². The van der Waals surface area contributed by atoms with Crippen LogP contribution in [0.1, 0.15) is 31.4 Å². The van der Waals surface area contributed by atoms with Gasteiger partial charge in [0.2, 0.25) is 0 Å². The summed E-state index contributed by atoms with van der Waals surface area (Å²) in [4.78, 5) is 4.06. The van der Waals surface area contributed by atoms with E-state index in [0.29, 0.717) is 12.8 Å². The van der Waals surface area contributed by atoms with Crippen LogP contribution in [0.4, 0.5) is 0 Å². The molecule has 0 aliphatic carbocycles. The molecule has 1 aromatic rings. The van der Waals surface area contributed by atoms with E-state index in [1.54, 1.807) is 12.5 Å². The molecule has 0 spiro atoms. The summed E-state index contributed by atoms with van der Waals surface area (Å²) in [5.74, 6) is 0. The van der Waals surface area contributed by atoms with Gasteiger partial charge >= 0.3 is 0 Å². The predicted molar refractivity (Wildman–Crippen MR) is 61.3 cm³/mol. The lowest BCUT2D eigenvalue weighted by atomic mass is 9.90. The molecule has 3 rings (SSSR count). The van der Waals surface area contributed by atoms with Gasteiger partial charge in [-0.15, -0.1) is 0 Å². The fraction of sp³-hybridized carbons (Fsp3) is 0.727. The van der Waals surface area contributed by atoms with Crippen LogP contribution in [0.3, 0.4) is 0 Å². The SMILES string of the molecule is Cn1cncc1C1(O)CC2CCC(C1)S2=O. The zero-order valence-electron chi connectivity index (χ0n) is 9.30. The van der Waals surface area contributed by atoms with Gasteiger partial charge in [0.1, 0.15) is 5.60 Å². The first-order valence-corrected chi connectivity index (χ1v) is 6.96. The van der Waals surface area contributed by atoms with Gasteiger partial charge in [-0.25, -0.2) is 4.98 Å². The molecule has 3 heterocycles. The summed E-state index contributed by atoms with van der Waals surface area (Å²) in [5.41, 5.74) is 0.0476. The standard InChI is InChI=1S/C11H16N2O2S/c1-13-7-12-6-10(13)11(14)4-8-2-3-9(5-11)16(8)15/h6-9,14H,2-5H2,1H3. The van der Waals surface area contributed by atoms with Gasteiger partial charge in [0.25, 0.3) is 0 Å². The molecule has 2 aliphatic heterocycles. The second kappa shape index (κ2) is 3.40. The van der Waals surface area contributed by atoms with Crippen molar-refractivity contribution in [2.45, 2.75) is 41.8 Å². The van der Waals surface area contributed by atoms with Crippen LogP contribution in [0.2, 0.25) is 0 Å². The quantitative estimate of drug-likeness (QED) is 0.785. The molecule has 1 N–H and O–H groups in total. The van der Waals surface area contributed by atoms with Crippen LogP contribution in [-0.4, -0.2) is 29.4 Å². The van der Waals surface area contributed by atoms with Crippen molar-refractivity contribution < 1.29 is 9.32 Å². The van der Waals surface area contributed by atoms with Crippen LogP contribution in [-0.2, 0) is 23.4 Å². The highest BCUT2D eigenvalue weighted by Gasteiger charge is 2.49. The largest absolute Gasteiger partial charge is 0.383 e. The fourth-order valence-corrected chi connectivity index (χ4v) is 5.26. The van der Waals surface area contributed by atoms with E-state index in [9.17, 15) is 9.32 Å². The van der Waals surface area contributed by atoms with Crippen molar-refractivity contribution in [1.82, 2.24) is 9.55 Å². The van der Waals surface area contributed by atoms with Gasteiger partial charge in [-0.05, 0) is 25.7 Å². The molecule has 2 unspecified atom stereocenters. The number of aromatic nitrogens is 2.